The molecule has 1 aliphatic heterocycles. The number of benzene rings is 1. The first-order chi connectivity index (χ1) is 11.1. The largest absolute Gasteiger partial charge is 0.469 e. The number of esters is 1. The average molecular weight is 347 g/mol. The number of thioether (sulfide) groups is 1. The van der Waals surface area contributed by atoms with Gasteiger partial charge >= 0.3 is 5.97 Å². The third kappa shape index (κ3) is 5.04. The summed E-state index contributed by atoms with van der Waals surface area (Å²) in [5.74, 6) is -0.389. The van der Waals surface area contributed by atoms with E-state index in [1.165, 1.54) is 23.8 Å². The molecule has 2 rings (SSSR count). The van der Waals surface area contributed by atoms with Gasteiger partial charge in [-0.2, -0.15) is 0 Å². The predicted molar refractivity (Wildman–Crippen MR) is 96.7 cm³/mol. The lowest BCUT2D eigenvalue weighted by molar-refractivity contribution is -0.141. The maximum absolute atomic E-state index is 12.3. The smallest absolute Gasteiger partial charge is 0.305 e. The summed E-state index contributed by atoms with van der Waals surface area (Å²) < 4.78 is 5.11. The first-order valence-corrected chi connectivity index (χ1v) is 8.38. The SMILES string of the molecule is COC(=O)CCCN1C(=O)/C(=C/C=C/c2ccccc2)SC1=S. The molecule has 0 saturated carbocycles. The molecular formula is C17H17NO3S2. The molecule has 1 aromatic rings. The summed E-state index contributed by atoms with van der Waals surface area (Å²) in [5.41, 5.74) is 1.07. The molecule has 0 atom stereocenters. The molecule has 0 aromatic heterocycles. The van der Waals surface area contributed by atoms with Crippen LogP contribution in [0.2, 0.25) is 0 Å². The van der Waals surface area contributed by atoms with Crippen LogP contribution in [0.15, 0.2) is 47.4 Å². The van der Waals surface area contributed by atoms with Crippen LogP contribution in [0, 0.1) is 0 Å². The van der Waals surface area contributed by atoms with Gasteiger partial charge in [0.2, 0.25) is 0 Å². The predicted octanol–water partition coefficient (Wildman–Crippen LogP) is 3.40. The van der Waals surface area contributed by atoms with E-state index in [1.54, 1.807) is 6.08 Å². The highest BCUT2D eigenvalue weighted by molar-refractivity contribution is 8.26. The fourth-order valence-corrected chi connectivity index (χ4v) is 3.26. The number of carbonyl (C=O) groups is 2. The number of hydrogen-bond donors (Lipinski definition) is 0. The van der Waals surface area contributed by atoms with Crippen molar-refractivity contribution in [2.75, 3.05) is 13.7 Å². The molecule has 1 amide bonds. The van der Waals surface area contributed by atoms with Crippen molar-refractivity contribution >= 4 is 46.3 Å². The molecule has 1 saturated heterocycles. The topological polar surface area (TPSA) is 46.6 Å². The Morgan fingerprint density at radius 1 is 1.35 bits per heavy atom. The maximum Gasteiger partial charge on any atom is 0.305 e. The Balaban J connectivity index is 1.93. The minimum absolute atomic E-state index is 0.109. The second-order valence-electron chi connectivity index (χ2n) is 4.81. The number of carbonyl (C=O) groups excluding carboxylic acids is 2. The van der Waals surface area contributed by atoms with Gasteiger partial charge < -0.3 is 4.74 Å². The molecule has 120 valence electrons. The minimum Gasteiger partial charge on any atom is -0.469 e. The van der Waals surface area contributed by atoms with Crippen molar-refractivity contribution in [3.05, 3.63) is 53.0 Å². The Morgan fingerprint density at radius 2 is 2.09 bits per heavy atom. The lowest BCUT2D eigenvalue weighted by Gasteiger charge is -2.13. The second-order valence-corrected chi connectivity index (χ2v) is 6.48. The second kappa shape index (κ2) is 8.64. The number of amides is 1. The van der Waals surface area contributed by atoms with Gasteiger partial charge in [-0.1, -0.05) is 66.5 Å². The van der Waals surface area contributed by atoms with Gasteiger partial charge in [-0.15, -0.1) is 0 Å². The van der Waals surface area contributed by atoms with Crippen molar-refractivity contribution in [1.29, 1.82) is 0 Å². The summed E-state index contributed by atoms with van der Waals surface area (Å²) in [6, 6.07) is 9.85. The van der Waals surface area contributed by atoms with Gasteiger partial charge in [-0.05, 0) is 18.1 Å². The van der Waals surface area contributed by atoms with E-state index in [0.717, 1.165) is 5.56 Å². The zero-order valence-electron chi connectivity index (χ0n) is 12.7. The molecule has 0 radical (unpaired) electrons. The van der Waals surface area contributed by atoms with E-state index in [-0.39, 0.29) is 18.3 Å². The molecular weight excluding hydrogens is 330 g/mol. The van der Waals surface area contributed by atoms with Crippen LogP contribution in [0.4, 0.5) is 0 Å². The molecule has 0 N–H and O–H groups in total. The van der Waals surface area contributed by atoms with E-state index in [0.29, 0.717) is 22.2 Å². The highest BCUT2D eigenvalue weighted by atomic mass is 32.2. The van der Waals surface area contributed by atoms with E-state index >= 15 is 0 Å². The molecule has 1 aliphatic rings. The monoisotopic (exact) mass is 347 g/mol. The fourth-order valence-electron chi connectivity index (χ4n) is 2.00. The number of thiocarbonyl (C=S) groups is 1. The van der Waals surface area contributed by atoms with Crippen molar-refractivity contribution in [1.82, 2.24) is 4.90 Å². The Morgan fingerprint density at radius 3 is 2.78 bits per heavy atom. The van der Waals surface area contributed by atoms with Gasteiger partial charge in [0.1, 0.15) is 4.32 Å². The molecule has 0 spiro atoms. The molecule has 0 bridgehead atoms. The highest BCUT2D eigenvalue weighted by Crippen LogP contribution is 2.31. The van der Waals surface area contributed by atoms with Crippen LogP contribution in [0.3, 0.4) is 0 Å². The van der Waals surface area contributed by atoms with Gasteiger partial charge in [0.05, 0.1) is 12.0 Å². The van der Waals surface area contributed by atoms with Crippen LogP contribution in [0.25, 0.3) is 6.08 Å². The lowest BCUT2D eigenvalue weighted by Crippen LogP contribution is -2.29. The van der Waals surface area contributed by atoms with Crippen LogP contribution in [-0.2, 0) is 14.3 Å². The highest BCUT2D eigenvalue weighted by Gasteiger charge is 2.31. The third-order valence-electron chi connectivity index (χ3n) is 3.20. The quantitative estimate of drug-likeness (QED) is 0.448. The molecule has 0 aliphatic carbocycles. The number of rotatable bonds is 6. The average Bonchev–Trinajstić information content (AvgIpc) is 2.83. The van der Waals surface area contributed by atoms with Gasteiger partial charge in [0.15, 0.2) is 0 Å². The minimum atomic E-state index is -0.281. The summed E-state index contributed by atoms with van der Waals surface area (Å²) in [6.07, 6.45) is 6.36. The lowest BCUT2D eigenvalue weighted by atomic mass is 10.2. The maximum atomic E-state index is 12.3. The van der Waals surface area contributed by atoms with Crippen LogP contribution < -0.4 is 0 Å². The van der Waals surface area contributed by atoms with E-state index in [1.807, 2.05) is 42.5 Å². The van der Waals surface area contributed by atoms with Crippen LogP contribution in [-0.4, -0.2) is 34.8 Å². The molecule has 23 heavy (non-hydrogen) atoms. The first-order valence-electron chi connectivity index (χ1n) is 7.15. The Hall–Kier alpha value is -1.92. The van der Waals surface area contributed by atoms with E-state index in [9.17, 15) is 9.59 Å². The Labute approximate surface area is 145 Å². The van der Waals surface area contributed by atoms with Crippen LogP contribution in [0.5, 0.6) is 0 Å². The number of nitrogens with zero attached hydrogens (tertiary/aromatic N) is 1. The number of allylic oxidation sites excluding steroid dienone is 2. The molecule has 6 heteroatoms. The van der Waals surface area contributed by atoms with E-state index in [2.05, 4.69) is 4.74 Å². The summed E-state index contributed by atoms with van der Waals surface area (Å²) in [7, 11) is 1.35. The zero-order chi connectivity index (χ0) is 16.7. The molecule has 4 nitrogen and oxygen atoms in total. The van der Waals surface area contributed by atoms with E-state index in [4.69, 9.17) is 12.2 Å². The van der Waals surface area contributed by atoms with Gasteiger partial charge in [0, 0.05) is 13.0 Å². The van der Waals surface area contributed by atoms with Crippen molar-refractivity contribution in [3.63, 3.8) is 0 Å². The fraction of sp³-hybridized carbons (Fsp3) is 0.235. The van der Waals surface area contributed by atoms with Gasteiger partial charge in [-0.3, -0.25) is 14.5 Å². The normalized spacial score (nSPS) is 16.6. The Kier molecular flexibility index (Phi) is 6.55. The van der Waals surface area contributed by atoms with Crippen molar-refractivity contribution in [2.45, 2.75) is 12.8 Å². The zero-order valence-corrected chi connectivity index (χ0v) is 14.4. The van der Waals surface area contributed by atoms with Gasteiger partial charge in [0.25, 0.3) is 5.91 Å². The van der Waals surface area contributed by atoms with Crippen molar-refractivity contribution < 1.29 is 14.3 Å². The number of methoxy groups -OCH3 is 1. The Bertz CT molecular complexity index is 653. The van der Waals surface area contributed by atoms with Gasteiger partial charge in [-0.25, -0.2) is 0 Å². The van der Waals surface area contributed by atoms with Crippen molar-refractivity contribution in [2.24, 2.45) is 0 Å². The molecule has 0 unspecified atom stereocenters. The standard InChI is InChI=1S/C17H17NO3S2/c1-21-15(19)11-6-12-18-16(20)14(23-17(18)22)10-5-9-13-7-3-2-4-8-13/h2-5,7-10H,6,11-12H2,1H3/b9-5+,14-10-. The molecule has 1 fully saturated rings. The number of ether oxygens (including phenoxy) is 1. The summed E-state index contributed by atoms with van der Waals surface area (Å²) in [4.78, 5) is 25.5. The molecule has 1 aromatic carbocycles. The number of hydrogen-bond acceptors (Lipinski definition) is 5. The first kappa shape index (κ1) is 17.4. The van der Waals surface area contributed by atoms with E-state index < -0.39 is 0 Å². The molecule has 1 heterocycles. The third-order valence-corrected chi connectivity index (χ3v) is 4.60. The van der Waals surface area contributed by atoms with Crippen molar-refractivity contribution in [3.8, 4) is 0 Å². The summed E-state index contributed by atoms with van der Waals surface area (Å²) in [5, 5.41) is 0. The van der Waals surface area contributed by atoms with Crippen LogP contribution in [0.1, 0.15) is 18.4 Å². The summed E-state index contributed by atoms with van der Waals surface area (Å²) >= 11 is 6.52. The van der Waals surface area contributed by atoms with Crippen LogP contribution >= 0.6 is 24.0 Å². The summed E-state index contributed by atoms with van der Waals surface area (Å²) in [6.45, 7) is 0.430.